The standard InChI is InChI=1S/C18H23N3O3S/c22-13-18(5-9-24-10-6-18)12-20-16(23)2-1-15-11-25-17(21-15)14-3-7-19-8-4-14/h3-4,7-8,11,22H,1-2,5-6,9-10,12-13H2,(H,20,23). The monoisotopic (exact) mass is 361 g/mol. The van der Waals surface area contributed by atoms with Gasteiger partial charge in [0.1, 0.15) is 5.01 Å². The number of rotatable bonds is 7. The van der Waals surface area contributed by atoms with Crippen molar-refractivity contribution in [2.75, 3.05) is 26.4 Å². The molecule has 1 aliphatic rings. The van der Waals surface area contributed by atoms with Crippen molar-refractivity contribution in [1.82, 2.24) is 15.3 Å². The van der Waals surface area contributed by atoms with Gasteiger partial charge in [-0.15, -0.1) is 11.3 Å². The van der Waals surface area contributed by atoms with Gasteiger partial charge in [-0.3, -0.25) is 9.78 Å². The molecule has 0 spiro atoms. The van der Waals surface area contributed by atoms with Crippen LogP contribution in [0.2, 0.25) is 0 Å². The fraction of sp³-hybridized carbons (Fsp3) is 0.500. The van der Waals surface area contributed by atoms with Gasteiger partial charge in [0.25, 0.3) is 0 Å². The number of thiazole rings is 1. The summed E-state index contributed by atoms with van der Waals surface area (Å²) in [5, 5.41) is 15.6. The van der Waals surface area contributed by atoms with Gasteiger partial charge < -0.3 is 15.2 Å². The Morgan fingerprint density at radius 1 is 1.32 bits per heavy atom. The average molecular weight is 361 g/mol. The Balaban J connectivity index is 1.47. The quantitative estimate of drug-likeness (QED) is 0.788. The molecule has 0 aliphatic carbocycles. The second-order valence-corrected chi connectivity index (χ2v) is 7.29. The molecule has 1 aliphatic heterocycles. The maximum atomic E-state index is 12.1. The molecule has 2 N–H and O–H groups in total. The minimum absolute atomic E-state index is 0.00206. The van der Waals surface area contributed by atoms with Crippen LogP contribution < -0.4 is 5.32 Å². The predicted octanol–water partition coefficient (Wildman–Crippen LogP) is 2.04. The van der Waals surface area contributed by atoms with Gasteiger partial charge in [-0.25, -0.2) is 4.98 Å². The van der Waals surface area contributed by atoms with Crippen molar-refractivity contribution in [3.05, 3.63) is 35.6 Å². The van der Waals surface area contributed by atoms with Crippen LogP contribution in [0.3, 0.4) is 0 Å². The van der Waals surface area contributed by atoms with Crippen LogP contribution in [-0.2, 0) is 16.0 Å². The van der Waals surface area contributed by atoms with Gasteiger partial charge in [-0.05, 0) is 31.4 Å². The molecule has 0 bridgehead atoms. The highest BCUT2D eigenvalue weighted by Crippen LogP contribution is 2.29. The molecule has 3 rings (SSSR count). The average Bonchev–Trinajstić information content (AvgIpc) is 3.15. The van der Waals surface area contributed by atoms with E-state index >= 15 is 0 Å². The summed E-state index contributed by atoms with van der Waals surface area (Å²) in [5.74, 6) is -0.00206. The molecule has 25 heavy (non-hydrogen) atoms. The minimum atomic E-state index is -0.233. The molecular weight excluding hydrogens is 338 g/mol. The molecule has 0 unspecified atom stereocenters. The van der Waals surface area contributed by atoms with E-state index in [1.54, 1.807) is 23.7 Å². The number of aryl methyl sites for hydroxylation is 1. The summed E-state index contributed by atoms with van der Waals surface area (Å²) in [6.45, 7) is 1.88. The van der Waals surface area contributed by atoms with Crippen LogP contribution in [0.15, 0.2) is 29.9 Å². The Morgan fingerprint density at radius 2 is 2.08 bits per heavy atom. The summed E-state index contributed by atoms with van der Waals surface area (Å²) < 4.78 is 5.34. The van der Waals surface area contributed by atoms with Crippen LogP contribution in [-0.4, -0.2) is 47.3 Å². The third-order valence-electron chi connectivity index (χ3n) is 4.64. The van der Waals surface area contributed by atoms with Gasteiger partial charge in [0.05, 0.1) is 12.3 Å². The zero-order valence-electron chi connectivity index (χ0n) is 14.1. The van der Waals surface area contributed by atoms with Crippen molar-refractivity contribution >= 4 is 17.2 Å². The number of amides is 1. The Morgan fingerprint density at radius 3 is 2.80 bits per heavy atom. The molecule has 1 fully saturated rings. The lowest BCUT2D eigenvalue weighted by atomic mass is 9.81. The molecule has 3 heterocycles. The van der Waals surface area contributed by atoms with E-state index in [9.17, 15) is 9.90 Å². The second-order valence-electron chi connectivity index (χ2n) is 6.43. The number of aliphatic hydroxyl groups excluding tert-OH is 1. The summed E-state index contributed by atoms with van der Waals surface area (Å²) in [7, 11) is 0. The van der Waals surface area contributed by atoms with Crippen molar-refractivity contribution < 1.29 is 14.6 Å². The first-order valence-electron chi connectivity index (χ1n) is 8.51. The van der Waals surface area contributed by atoms with Crippen molar-refractivity contribution in [3.63, 3.8) is 0 Å². The van der Waals surface area contributed by atoms with Gasteiger partial charge in [0.15, 0.2) is 0 Å². The topological polar surface area (TPSA) is 84.3 Å². The van der Waals surface area contributed by atoms with Crippen LogP contribution in [0.4, 0.5) is 0 Å². The Labute approximate surface area is 151 Å². The summed E-state index contributed by atoms with van der Waals surface area (Å²) >= 11 is 1.58. The third-order valence-corrected chi connectivity index (χ3v) is 5.58. The van der Waals surface area contributed by atoms with Gasteiger partial charge in [0, 0.05) is 54.9 Å². The van der Waals surface area contributed by atoms with Crippen molar-refractivity contribution in [2.24, 2.45) is 5.41 Å². The lowest BCUT2D eigenvalue weighted by Gasteiger charge is -2.35. The molecule has 6 nitrogen and oxygen atoms in total. The molecule has 0 saturated carbocycles. The normalized spacial score (nSPS) is 16.5. The number of ether oxygens (including phenoxy) is 1. The summed E-state index contributed by atoms with van der Waals surface area (Å²) in [5.41, 5.74) is 1.73. The largest absolute Gasteiger partial charge is 0.396 e. The van der Waals surface area contributed by atoms with Crippen LogP contribution >= 0.6 is 11.3 Å². The first kappa shape index (κ1) is 18.0. The lowest BCUT2D eigenvalue weighted by Crippen LogP contribution is -2.43. The fourth-order valence-corrected chi connectivity index (χ4v) is 3.72. The smallest absolute Gasteiger partial charge is 0.220 e. The summed E-state index contributed by atoms with van der Waals surface area (Å²) in [6, 6.07) is 3.86. The highest BCUT2D eigenvalue weighted by Gasteiger charge is 2.32. The SMILES string of the molecule is O=C(CCc1csc(-c2ccncc2)n1)NCC1(CO)CCOCC1. The van der Waals surface area contributed by atoms with Crippen LogP contribution in [0.5, 0.6) is 0 Å². The minimum Gasteiger partial charge on any atom is -0.396 e. The molecule has 0 radical (unpaired) electrons. The van der Waals surface area contributed by atoms with Gasteiger partial charge >= 0.3 is 0 Å². The molecule has 7 heteroatoms. The van der Waals surface area contributed by atoms with E-state index in [4.69, 9.17) is 4.74 Å². The molecule has 0 atom stereocenters. The number of carbonyl (C=O) groups is 1. The van der Waals surface area contributed by atoms with Crippen LogP contribution in [0.25, 0.3) is 10.6 Å². The van der Waals surface area contributed by atoms with E-state index in [-0.39, 0.29) is 17.9 Å². The Bertz CT molecular complexity index is 684. The molecule has 0 aromatic carbocycles. The van der Waals surface area contributed by atoms with E-state index in [1.807, 2.05) is 17.5 Å². The highest BCUT2D eigenvalue weighted by atomic mass is 32.1. The number of nitrogens with one attached hydrogen (secondary N) is 1. The number of aromatic nitrogens is 2. The molecule has 1 saturated heterocycles. The molecular formula is C18H23N3O3S. The molecule has 1 amide bonds. The van der Waals surface area contributed by atoms with Crippen molar-refractivity contribution in [3.8, 4) is 10.6 Å². The van der Waals surface area contributed by atoms with E-state index in [0.29, 0.717) is 32.6 Å². The van der Waals surface area contributed by atoms with E-state index in [0.717, 1.165) is 29.1 Å². The van der Waals surface area contributed by atoms with Crippen LogP contribution in [0, 0.1) is 5.41 Å². The van der Waals surface area contributed by atoms with Crippen molar-refractivity contribution in [1.29, 1.82) is 0 Å². The number of pyridine rings is 1. The first-order valence-corrected chi connectivity index (χ1v) is 9.39. The number of hydrogen-bond acceptors (Lipinski definition) is 6. The van der Waals surface area contributed by atoms with E-state index in [2.05, 4.69) is 15.3 Å². The number of carbonyl (C=O) groups excluding carboxylic acids is 1. The number of aliphatic hydroxyl groups is 1. The van der Waals surface area contributed by atoms with Crippen LogP contribution in [0.1, 0.15) is 25.0 Å². The third kappa shape index (κ3) is 4.84. The highest BCUT2D eigenvalue weighted by molar-refractivity contribution is 7.13. The maximum absolute atomic E-state index is 12.1. The van der Waals surface area contributed by atoms with Gasteiger partial charge in [-0.2, -0.15) is 0 Å². The predicted molar refractivity (Wildman–Crippen MR) is 96.2 cm³/mol. The van der Waals surface area contributed by atoms with Gasteiger partial charge in [0.2, 0.25) is 5.91 Å². The second kappa shape index (κ2) is 8.51. The van der Waals surface area contributed by atoms with E-state index in [1.165, 1.54) is 0 Å². The molecule has 134 valence electrons. The Kier molecular flexibility index (Phi) is 6.12. The Hall–Kier alpha value is -1.83. The zero-order valence-corrected chi connectivity index (χ0v) is 14.9. The maximum Gasteiger partial charge on any atom is 0.220 e. The van der Waals surface area contributed by atoms with Gasteiger partial charge in [-0.1, -0.05) is 0 Å². The molecule has 2 aromatic rings. The fourth-order valence-electron chi connectivity index (χ4n) is 2.86. The summed E-state index contributed by atoms with van der Waals surface area (Å²) in [4.78, 5) is 20.7. The zero-order chi connectivity index (χ0) is 17.5. The number of hydrogen-bond donors (Lipinski definition) is 2. The molecule has 2 aromatic heterocycles. The number of nitrogens with zero attached hydrogens (tertiary/aromatic N) is 2. The summed E-state index contributed by atoms with van der Waals surface area (Å²) in [6.07, 6.45) is 6.07. The van der Waals surface area contributed by atoms with E-state index < -0.39 is 0 Å². The van der Waals surface area contributed by atoms with Crippen molar-refractivity contribution in [2.45, 2.75) is 25.7 Å². The first-order chi connectivity index (χ1) is 12.2. The lowest BCUT2D eigenvalue weighted by molar-refractivity contribution is -0.122.